The Kier molecular flexibility index (Phi) is 33.0. The van der Waals surface area contributed by atoms with Crippen LogP contribution in [0.15, 0.2) is 24.3 Å². The Hall–Kier alpha value is -0.520. The average Bonchev–Trinajstić information content (AvgIpc) is 2.96. The minimum absolute atomic E-state index is 0.477. The third-order valence-electron chi connectivity index (χ3n) is 9.60. The molecule has 0 nitrogen and oxygen atoms in total. The van der Waals surface area contributed by atoms with Gasteiger partial charge in [0.1, 0.15) is 0 Å². The Balaban J connectivity index is 3.57. The lowest BCUT2D eigenvalue weighted by Crippen LogP contribution is -2.20. The molecule has 0 aliphatic carbocycles. The van der Waals surface area contributed by atoms with Crippen LogP contribution in [0.4, 0.5) is 0 Å². The van der Waals surface area contributed by atoms with Crippen LogP contribution in [-0.4, -0.2) is 0 Å². The van der Waals surface area contributed by atoms with Gasteiger partial charge in [-0.05, 0) is 75.5 Å². The second kappa shape index (κ2) is 33.4. The molecule has 0 radical (unpaired) electrons. The van der Waals surface area contributed by atoms with Gasteiger partial charge in [0.05, 0.1) is 0 Å². The lowest BCUT2D eigenvalue weighted by atomic mass is 9.75. The molecule has 0 aromatic rings. The smallest absolute Gasteiger partial charge is 0.0351 e. The molecule has 1 atom stereocenters. The third kappa shape index (κ3) is 32.4. The van der Waals surface area contributed by atoms with Crippen molar-refractivity contribution in [3.8, 4) is 0 Å². The Morgan fingerprint density at radius 1 is 0.333 bits per heavy atom. The van der Waals surface area contributed by atoms with Crippen molar-refractivity contribution >= 4 is 0 Å². The van der Waals surface area contributed by atoms with Gasteiger partial charge in [-0.3, -0.25) is 0 Å². The fourth-order valence-electron chi connectivity index (χ4n) is 6.46. The number of hydrogen-bond acceptors (Lipinski definition) is 0. The molecule has 0 aromatic heterocycles. The highest BCUT2D eigenvalue weighted by molar-refractivity contribution is 4.82. The van der Waals surface area contributed by atoms with Gasteiger partial charge >= 0.3 is 0 Å². The average molecular weight is 587 g/mol. The third-order valence-corrected chi connectivity index (χ3v) is 9.60. The van der Waals surface area contributed by atoms with Gasteiger partial charge in [-0.2, -0.15) is 0 Å². The molecule has 250 valence electrons. The van der Waals surface area contributed by atoms with Gasteiger partial charge in [-0.25, -0.2) is 0 Å². The molecule has 0 spiro atoms. The van der Waals surface area contributed by atoms with Crippen molar-refractivity contribution in [1.82, 2.24) is 0 Å². The number of hydrogen-bond donors (Lipinski definition) is 0. The summed E-state index contributed by atoms with van der Waals surface area (Å²) in [4.78, 5) is 0. The van der Waals surface area contributed by atoms with E-state index < -0.39 is 0 Å². The van der Waals surface area contributed by atoms with Crippen molar-refractivity contribution in [3.63, 3.8) is 0 Å². The van der Waals surface area contributed by atoms with Crippen molar-refractivity contribution in [2.45, 2.75) is 234 Å². The molecule has 0 heteroatoms. The molecule has 0 aromatic carbocycles. The zero-order valence-corrected chi connectivity index (χ0v) is 30.3. The monoisotopic (exact) mass is 587 g/mol. The van der Waals surface area contributed by atoms with Crippen LogP contribution in [0.25, 0.3) is 0 Å². The number of allylic oxidation sites excluding steroid dienone is 4. The van der Waals surface area contributed by atoms with E-state index in [0.717, 1.165) is 5.92 Å². The van der Waals surface area contributed by atoms with Gasteiger partial charge < -0.3 is 0 Å². The van der Waals surface area contributed by atoms with Crippen molar-refractivity contribution < 1.29 is 0 Å². The first kappa shape index (κ1) is 41.5. The Morgan fingerprint density at radius 2 is 0.571 bits per heavy atom. The fraction of sp³-hybridized carbons (Fsp3) is 0.905. The molecular weight excluding hydrogens is 504 g/mol. The predicted octanol–water partition coefficient (Wildman–Crippen LogP) is 15.9. The first-order chi connectivity index (χ1) is 20.5. The molecule has 0 N–H and O–H groups in total. The Labute approximate surface area is 268 Å². The maximum atomic E-state index is 2.49. The minimum atomic E-state index is 0.477. The van der Waals surface area contributed by atoms with Crippen LogP contribution in [-0.2, 0) is 0 Å². The highest BCUT2D eigenvalue weighted by Gasteiger charge is 2.23. The second-order valence-electron chi connectivity index (χ2n) is 14.9. The van der Waals surface area contributed by atoms with Gasteiger partial charge in [0.15, 0.2) is 0 Å². The minimum Gasteiger partial charge on any atom is -0.0885 e. The SMILES string of the molecule is CCCCCCCC/C=C\CCCCCCCCCC(CCCCCCCC/C=C\CCCCCCCC)C(C)(C)C. The maximum absolute atomic E-state index is 2.49. The summed E-state index contributed by atoms with van der Waals surface area (Å²) in [6.07, 6.45) is 53.6. The Bertz CT molecular complexity index is 547. The summed E-state index contributed by atoms with van der Waals surface area (Å²) in [6, 6.07) is 0. The molecule has 42 heavy (non-hydrogen) atoms. The van der Waals surface area contributed by atoms with Gasteiger partial charge in [0, 0.05) is 0 Å². The number of rotatable bonds is 33. The lowest BCUT2D eigenvalue weighted by molar-refractivity contribution is 0.201. The molecule has 0 amide bonds. The zero-order valence-electron chi connectivity index (χ0n) is 30.3. The molecular formula is C42H82. The topological polar surface area (TPSA) is 0 Å². The van der Waals surface area contributed by atoms with Crippen LogP contribution in [0, 0.1) is 11.3 Å². The van der Waals surface area contributed by atoms with E-state index in [1.54, 1.807) is 0 Å². The summed E-state index contributed by atoms with van der Waals surface area (Å²) in [5, 5.41) is 0. The zero-order chi connectivity index (χ0) is 30.8. The Morgan fingerprint density at radius 3 is 0.833 bits per heavy atom. The van der Waals surface area contributed by atoms with E-state index in [9.17, 15) is 0 Å². The molecule has 0 aliphatic rings. The molecule has 0 bridgehead atoms. The van der Waals surface area contributed by atoms with Crippen molar-refractivity contribution in [2.24, 2.45) is 11.3 Å². The molecule has 0 heterocycles. The summed E-state index contributed by atoms with van der Waals surface area (Å²) >= 11 is 0. The summed E-state index contributed by atoms with van der Waals surface area (Å²) in [7, 11) is 0. The van der Waals surface area contributed by atoms with Crippen molar-refractivity contribution in [3.05, 3.63) is 24.3 Å². The predicted molar refractivity (Wildman–Crippen MR) is 196 cm³/mol. The summed E-state index contributed by atoms with van der Waals surface area (Å²) in [5.41, 5.74) is 0.477. The summed E-state index contributed by atoms with van der Waals surface area (Å²) in [6.45, 7) is 12.1. The quantitative estimate of drug-likeness (QED) is 0.0530. The molecule has 0 saturated heterocycles. The van der Waals surface area contributed by atoms with Crippen LogP contribution in [0.5, 0.6) is 0 Å². The second-order valence-corrected chi connectivity index (χ2v) is 14.9. The highest BCUT2D eigenvalue weighted by Crippen LogP contribution is 2.34. The van der Waals surface area contributed by atoms with Crippen LogP contribution in [0.1, 0.15) is 234 Å². The largest absolute Gasteiger partial charge is 0.0885 e. The molecule has 1 unspecified atom stereocenters. The van der Waals surface area contributed by atoms with Gasteiger partial charge in [0.25, 0.3) is 0 Å². The van der Waals surface area contributed by atoms with Crippen LogP contribution < -0.4 is 0 Å². The van der Waals surface area contributed by atoms with E-state index in [0.29, 0.717) is 5.41 Å². The summed E-state index contributed by atoms with van der Waals surface area (Å²) in [5.74, 6) is 0.914. The van der Waals surface area contributed by atoms with Gasteiger partial charge in [-0.15, -0.1) is 0 Å². The van der Waals surface area contributed by atoms with E-state index in [1.807, 2.05) is 0 Å². The highest BCUT2D eigenvalue weighted by atomic mass is 14.3. The van der Waals surface area contributed by atoms with Crippen molar-refractivity contribution in [1.29, 1.82) is 0 Å². The van der Waals surface area contributed by atoms with E-state index >= 15 is 0 Å². The van der Waals surface area contributed by atoms with E-state index in [4.69, 9.17) is 0 Å². The van der Waals surface area contributed by atoms with E-state index in [-0.39, 0.29) is 0 Å². The summed E-state index contributed by atoms with van der Waals surface area (Å²) < 4.78 is 0. The van der Waals surface area contributed by atoms with Crippen molar-refractivity contribution in [2.75, 3.05) is 0 Å². The standard InChI is InChI=1S/C42H82/c1-6-8-10-12-14-16-18-20-22-24-26-28-30-32-34-36-38-40-41(42(3,4)5)39-37-35-33-31-29-27-25-23-21-19-17-15-13-11-9-7-2/h20-23,41H,6-19,24-40H2,1-5H3/b22-20-,23-21-. The first-order valence-electron chi connectivity index (χ1n) is 19.8. The van der Waals surface area contributed by atoms with Gasteiger partial charge in [-0.1, -0.05) is 194 Å². The molecule has 0 fully saturated rings. The van der Waals surface area contributed by atoms with Crippen LogP contribution >= 0.6 is 0 Å². The number of unbranched alkanes of at least 4 members (excludes halogenated alkanes) is 25. The van der Waals surface area contributed by atoms with Crippen LogP contribution in [0.2, 0.25) is 0 Å². The molecule has 0 aliphatic heterocycles. The van der Waals surface area contributed by atoms with Crippen LogP contribution in [0.3, 0.4) is 0 Å². The normalized spacial score (nSPS) is 13.2. The van der Waals surface area contributed by atoms with Gasteiger partial charge in [0.2, 0.25) is 0 Å². The lowest BCUT2D eigenvalue weighted by Gasteiger charge is -2.31. The maximum Gasteiger partial charge on any atom is -0.0351 e. The first-order valence-corrected chi connectivity index (χ1v) is 19.8. The molecule has 0 saturated carbocycles. The fourth-order valence-corrected chi connectivity index (χ4v) is 6.46. The molecule has 0 rings (SSSR count). The van der Waals surface area contributed by atoms with E-state index in [1.165, 1.54) is 199 Å². The van der Waals surface area contributed by atoms with E-state index in [2.05, 4.69) is 58.9 Å².